The summed E-state index contributed by atoms with van der Waals surface area (Å²) in [6, 6.07) is 0. The van der Waals surface area contributed by atoms with Crippen LogP contribution in [0.4, 0.5) is 0 Å². The molecule has 0 saturated heterocycles. The Balaban J connectivity index is 2.59. The Hall–Kier alpha value is -0.920. The molecule has 0 aliphatic rings. The molecule has 6 nitrogen and oxygen atoms in total. The first-order chi connectivity index (χ1) is 9.01. The third-order valence-corrected chi connectivity index (χ3v) is 4.05. The van der Waals surface area contributed by atoms with E-state index in [2.05, 4.69) is 21.9 Å². The summed E-state index contributed by atoms with van der Waals surface area (Å²) in [5.74, 6) is 0.728. The lowest BCUT2D eigenvalue weighted by molar-refractivity contribution is 0.572. The highest BCUT2D eigenvalue weighted by Crippen LogP contribution is 2.09. The number of hydrogen-bond acceptors (Lipinski definition) is 4. The van der Waals surface area contributed by atoms with Gasteiger partial charge in [0.1, 0.15) is 5.82 Å². The molecule has 0 bridgehead atoms. The summed E-state index contributed by atoms with van der Waals surface area (Å²) in [6.45, 7) is 8.62. The van der Waals surface area contributed by atoms with Gasteiger partial charge in [-0.25, -0.2) is 18.1 Å². The maximum atomic E-state index is 12.0. The fourth-order valence-corrected chi connectivity index (χ4v) is 2.76. The topological polar surface area (TPSA) is 76.0 Å². The zero-order valence-electron chi connectivity index (χ0n) is 11.9. The first kappa shape index (κ1) is 16.1. The molecule has 0 fully saturated rings. The average molecular weight is 288 g/mol. The van der Waals surface area contributed by atoms with E-state index in [0.29, 0.717) is 13.1 Å². The molecular formula is C12H24N4O2S. The molecule has 0 atom stereocenters. The van der Waals surface area contributed by atoms with Gasteiger partial charge in [-0.1, -0.05) is 13.8 Å². The fraction of sp³-hybridized carbons (Fsp3) is 0.750. The van der Waals surface area contributed by atoms with Crippen LogP contribution in [0, 0.1) is 6.92 Å². The van der Waals surface area contributed by atoms with Gasteiger partial charge < -0.3 is 9.88 Å². The monoisotopic (exact) mass is 288 g/mol. The SMILES string of the molecule is CCCNCCNS(=O)(=O)c1cn(CCC)c(C)n1. The Morgan fingerprint density at radius 2 is 1.95 bits per heavy atom. The van der Waals surface area contributed by atoms with Crippen LogP contribution >= 0.6 is 0 Å². The second-order valence-electron chi connectivity index (χ2n) is 4.47. The van der Waals surface area contributed by atoms with Crippen molar-refractivity contribution in [2.24, 2.45) is 0 Å². The minimum Gasteiger partial charge on any atom is -0.334 e. The summed E-state index contributed by atoms with van der Waals surface area (Å²) in [5.41, 5.74) is 0. The van der Waals surface area contributed by atoms with Crippen molar-refractivity contribution in [3.63, 3.8) is 0 Å². The maximum Gasteiger partial charge on any atom is 0.259 e. The van der Waals surface area contributed by atoms with E-state index in [1.54, 1.807) is 6.20 Å². The predicted molar refractivity (Wildman–Crippen MR) is 75.6 cm³/mol. The van der Waals surface area contributed by atoms with Gasteiger partial charge in [-0.2, -0.15) is 0 Å². The third-order valence-electron chi connectivity index (χ3n) is 2.71. The van der Waals surface area contributed by atoms with E-state index in [1.807, 2.05) is 18.4 Å². The molecule has 7 heteroatoms. The van der Waals surface area contributed by atoms with Crippen molar-refractivity contribution in [1.29, 1.82) is 0 Å². The first-order valence-corrected chi connectivity index (χ1v) is 8.23. The number of nitrogens with zero attached hydrogens (tertiary/aromatic N) is 2. The summed E-state index contributed by atoms with van der Waals surface area (Å²) in [6.07, 6.45) is 3.58. The van der Waals surface area contributed by atoms with Crippen molar-refractivity contribution < 1.29 is 8.42 Å². The fourth-order valence-electron chi connectivity index (χ4n) is 1.73. The van der Waals surface area contributed by atoms with Gasteiger partial charge in [0, 0.05) is 25.8 Å². The third kappa shape index (κ3) is 4.93. The van der Waals surface area contributed by atoms with Crippen LogP contribution in [0.25, 0.3) is 0 Å². The molecule has 2 N–H and O–H groups in total. The van der Waals surface area contributed by atoms with Crippen LogP contribution < -0.4 is 10.0 Å². The molecule has 0 aromatic carbocycles. The molecule has 1 heterocycles. The van der Waals surface area contributed by atoms with E-state index in [4.69, 9.17) is 0 Å². The number of aromatic nitrogens is 2. The van der Waals surface area contributed by atoms with Crippen molar-refractivity contribution in [1.82, 2.24) is 19.6 Å². The Morgan fingerprint density at radius 3 is 2.58 bits per heavy atom. The standard InChI is InChI=1S/C12H24N4O2S/c1-4-6-13-7-8-14-19(17,18)12-10-16(9-5-2)11(3)15-12/h10,13-14H,4-9H2,1-3H3. The van der Waals surface area contributed by atoms with Gasteiger partial charge in [-0.05, 0) is 26.3 Å². The van der Waals surface area contributed by atoms with Gasteiger partial charge in [0.25, 0.3) is 10.0 Å². The maximum absolute atomic E-state index is 12.0. The van der Waals surface area contributed by atoms with Crippen LogP contribution in [0.1, 0.15) is 32.5 Å². The van der Waals surface area contributed by atoms with Crippen molar-refractivity contribution in [2.45, 2.75) is 45.2 Å². The first-order valence-electron chi connectivity index (χ1n) is 6.75. The second-order valence-corrected chi connectivity index (χ2v) is 6.18. The van der Waals surface area contributed by atoms with Crippen molar-refractivity contribution in [3.05, 3.63) is 12.0 Å². The highest BCUT2D eigenvalue weighted by molar-refractivity contribution is 7.89. The van der Waals surface area contributed by atoms with Crippen LogP contribution in [0.5, 0.6) is 0 Å². The van der Waals surface area contributed by atoms with Crippen LogP contribution in [-0.4, -0.2) is 37.6 Å². The summed E-state index contributed by atoms with van der Waals surface area (Å²) in [7, 11) is -3.49. The summed E-state index contributed by atoms with van der Waals surface area (Å²) in [4.78, 5) is 4.11. The number of imidazole rings is 1. The molecule has 0 aliphatic carbocycles. The van der Waals surface area contributed by atoms with Gasteiger partial charge in [-0.15, -0.1) is 0 Å². The number of aryl methyl sites for hydroxylation is 2. The molecule has 1 rings (SSSR count). The molecule has 0 unspecified atom stereocenters. The lowest BCUT2D eigenvalue weighted by atomic mass is 10.5. The Labute approximate surface area is 115 Å². The highest BCUT2D eigenvalue weighted by Gasteiger charge is 2.18. The lowest BCUT2D eigenvalue weighted by Crippen LogP contribution is -2.32. The summed E-state index contributed by atoms with van der Waals surface area (Å²) < 4.78 is 28.5. The van der Waals surface area contributed by atoms with Crippen LogP contribution in [0.15, 0.2) is 11.2 Å². The normalized spacial score (nSPS) is 11.9. The molecule has 0 aliphatic heterocycles. The van der Waals surface area contributed by atoms with E-state index in [-0.39, 0.29) is 5.03 Å². The number of sulfonamides is 1. The number of hydrogen-bond donors (Lipinski definition) is 2. The average Bonchev–Trinajstić information content (AvgIpc) is 2.72. The minimum absolute atomic E-state index is 0.106. The van der Waals surface area contributed by atoms with Gasteiger partial charge >= 0.3 is 0 Å². The molecule has 19 heavy (non-hydrogen) atoms. The van der Waals surface area contributed by atoms with Gasteiger partial charge in [0.05, 0.1) is 0 Å². The van der Waals surface area contributed by atoms with Crippen LogP contribution in [0.2, 0.25) is 0 Å². The largest absolute Gasteiger partial charge is 0.334 e. The lowest BCUT2D eigenvalue weighted by Gasteiger charge is -2.05. The quantitative estimate of drug-likeness (QED) is 0.661. The Bertz CT molecular complexity index is 482. The van der Waals surface area contributed by atoms with Gasteiger partial charge in [-0.3, -0.25) is 0 Å². The van der Waals surface area contributed by atoms with Crippen molar-refractivity contribution >= 4 is 10.0 Å². The van der Waals surface area contributed by atoms with Crippen molar-refractivity contribution in [3.8, 4) is 0 Å². The summed E-state index contributed by atoms with van der Waals surface area (Å²) in [5, 5.41) is 3.25. The van der Waals surface area contributed by atoms with Crippen LogP contribution in [-0.2, 0) is 16.6 Å². The molecule has 0 radical (unpaired) electrons. The molecule has 1 aromatic heterocycles. The smallest absolute Gasteiger partial charge is 0.259 e. The Kier molecular flexibility index (Phi) is 6.47. The number of rotatable bonds is 9. The molecule has 1 aromatic rings. The second kappa shape index (κ2) is 7.62. The van der Waals surface area contributed by atoms with E-state index < -0.39 is 10.0 Å². The van der Waals surface area contributed by atoms with Crippen LogP contribution in [0.3, 0.4) is 0 Å². The van der Waals surface area contributed by atoms with E-state index in [1.165, 1.54) is 0 Å². The molecular weight excluding hydrogens is 264 g/mol. The van der Waals surface area contributed by atoms with E-state index in [0.717, 1.165) is 31.8 Å². The van der Waals surface area contributed by atoms with Gasteiger partial charge in [0.15, 0.2) is 5.03 Å². The minimum atomic E-state index is -3.49. The van der Waals surface area contributed by atoms with Gasteiger partial charge in [0.2, 0.25) is 0 Å². The summed E-state index contributed by atoms with van der Waals surface area (Å²) >= 11 is 0. The molecule has 0 saturated carbocycles. The molecule has 110 valence electrons. The predicted octanol–water partition coefficient (Wildman–Crippen LogP) is 0.879. The van der Waals surface area contributed by atoms with E-state index in [9.17, 15) is 8.42 Å². The molecule has 0 amide bonds. The zero-order chi connectivity index (χ0) is 14.3. The molecule has 0 spiro atoms. The highest BCUT2D eigenvalue weighted by atomic mass is 32.2. The Morgan fingerprint density at radius 1 is 1.21 bits per heavy atom. The number of nitrogens with one attached hydrogen (secondary N) is 2. The zero-order valence-corrected chi connectivity index (χ0v) is 12.8. The van der Waals surface area contributed by atoms with E-state index >= 15 is 0 Å². The van der Waals surface area contributed by atoms with Crippen molar-refractivity contribution in [2.75, 3.05) is 19.6 Å².